The molecule has 5 rings (SSSR count). The molecular weight excluding hydrogens is 256 g/mol. The van der Waals surface area contributed by atoms with Crippen LogP contribution in [-0.2, 0) is 19.3 Å². The van der Waals surface area contributed by atoms with Gasteiger partial charge in [0.2, 0.25) is 0 Å². The predicted octanol–water partition coefficient (Wildman–Crippen LogP) is 2.85. The summed E-state index contributed by atoms with van der Waals surface area (Å²) in [6.45, 7) is 6.40. The van der Waals surface area contributed by atoms with Gasteiger partial charge in [0.1, 0.15) is 17.3 Å². The van der Waals surface area contributed by atoms with Crippen LogP contribution in [0.3, 0.4) is 0 Å². The lowest BCUT2D eigenvalue weighted by atomic mass is 9.57. The summed E-state index contributed by atoms with van der Waals surface area (Å²) in [5.41, 5.74) is -0.681. The Morgan fingerprint density at radius 2 is 1.90 bits per heavy atom. The molecule has 0 aromatic carbocycles. The summed E-state index contributed by atoms with van der Waals surface area (Å²) in [6.07, 6.45) is 5.01. The van der Waals surface area contributed by atoms with E-state index in [0.717, 1.165) is 25.7 Å². The van der Waals surface area contributed by atoms with Crippen molar-refractivity contribution in [3.8, 4) is 0 Å². The van der Waals surface area contributed by atoms with Crippen LogP contribution in [0.4, 0.5) is 0 Å². The van der Waals surface area contributed by atoms with Gasteiger partial charge in [-0.15, -0.1) is 0 Å². The Morgan fingerprint density at radius 1 is 1.10 bits per heavy atom. The molecule has 3 aliphatic heterocycles. The first-order chi connectivity index (χ1) is 9.46. The molecule has 3 saturated heterocycles. The Bertz CT molecular complexity index is 450. The third-order valence-electron chi connectivity index (χ3n) is 6.50. The zero-order valence-electron chi connectivity index (χ0n) is 12.6. The molecule has 4 nitrogen and oxygen atoms in total. The lowest BCUT2D eigenvalue weighted by Gasteiger charge is -2.58. The zero-order chi connectivity index (χ0) is 14.1. The van der Waals surface area contributed by atoms with E-state index in [1.807, 2.05) is 6.92 Å². The molecule has 4 heteroatoms. The number of esters is 1. The Hall–Kier alpha value is -0.610. The largest absolute Gasteiger partial charge is 0.459 e. The molecule has 2 bridgehead atoms. The summed E-state index contributed by atoms with van der Waals surface area (Å²) in [6, 6.07) is 0. The minimum Gasteiger partial charge on any atom is -0.459 e. The van der Waals surface area contributed by atoms with Crippen molar-refractivity contribution >= 4 is 5.97 Å². The minimum absolute atomic E-state index is 0.0429. The van der Waals surface area contributed by atoms with Gasteiger partial charge in [0.15, 0.2) is 0 Å². The fourth-order valence-corrected chi connectivity index (χ4v) is 5.30. The van der Waals surface area contributed by atoms with E-state index in [-0.39, 0.29) is 35.1 Å². The summed E-state index contributed by atoms with van der Waals surface area (Å²) in [5.74, 6) is 1.19. The molecule has 0 N–H and O–H groups in total. The van der Waals surface area contributed by atoms with Crippen LogP contribution in [0.5, 0.6) is 0 Å². The average molecular weight is 280 g/mol. The summed E-state index contributed by atoms with van der Waals surface area (Å²) in [7, 11) is 0. The highest BCUT2D eigenvalue weighted by Gasteiger charge is 2.68. The molecule has 1 spiro atoms. The maximum absolute atomic E-state index is 12.2. The molecule has 0 amide bonds. The van der Waals surface area contributed by atoms with Crippen molar-refractivity contribution in [2.24, 2.45) is 23.7 Å². The standard InChI is InChI=1S/C16H24O4/c1-9-4-5-12-10(2)14(17)18-13-8-15(3)7-6-11(9)16(12,13)20-19-15/h9-13H,4-8H2,1-3H3/t9-,10?,11+,12+,13-,15-,16-/m1/s1. The lowest BCUT2D eigenvalue weighted by molar-refractivity contribution is -0.476. The summed E-state index contributed by atoms with van der Waals surface area (Å²) >= 11 is 0. The first-order valence-corrected chi connectivity index (χ1v) is 8.04. The van der Waals surface area contributed by atoms with Gasteiger partial charge in [-0.1, -0.05) is 13.8 Å². The van der Waals surface area contributed by atoms with Gasteiger partial charge >= 0.3 is 5.97 Å². The van der Waals surface area contributed by atoms with Gasteiger partial charge in [0, 0.05) is 12.3 Å². The third kappa shape index (κ3) is 1.47. The van der Waals surface area contributed by atoms with Crippen LogP contribution in [0.2, 0.25) is 0 Å². The van der Waals surface area contributed by atoms with Gasteiger partial charge in [-0.25, -0.2) is 9.78 Å². The fraction of sp³-hybridized carbons (Fsp3) is 0.938. The number of rotatable bonds is 0. The van der Waals surface area contributed by atoms with E-state index in [1.165, 1.54) is 6.42 Å². The van der Waals surface area contributed by atoms with Crippen LogP contribution >= 0.6 is 0 Å². The molecule has 0 aromatic heterocycles. The van der Waals surface area contributed by atoms with Crippen LogP contribution in [-0.4, -0.2) is 23.3 Å². The second kappa shape index (κ2) is 3.98. The molecule has 5 fully saturated rings. The van der Waals surface area contributed by atoms with Crippen LogP contribution in [0.1, 0.15) is 52.9 Å². The van der Waals surface area contributed by atoms with E-state index in [4.69, 9.17) is 14.5 Å². The van der Waals surface area contributed by atoms with Gasteiger partial charge in [-0.2, -0.15) is 0 Å². The van der Waals surface area contributed by atoms with E-state index in [0.29, 0.717) is 11.8 Å². The first-order valence-electron chi connectivity index (χ1n) is 8.04. The molecule has 3 heterocycles. The van der Waals surface area contributed by atoms with Gasteiger partial charge in [-0.3, -0.25) is 4.79 Å². The molecule has 2 aliphatic carbocycles. The summed E-state index contributed by atoms with van der Waals surface area (Å²) in [4.78, 5) is 24.1. The molecular formula is C16H24O4. The minimum atomic E-state index is -0.388. The topological polar surface area (TPSA) is 44.8 Å². The summed E-state index contributed by atoms with van der Waals surface area (Å²) < 4.78 is 5.81. The average Bonchev–Trinajstić information content (AvgIpc) is 2.63. The highest BCUT2D eigenvalue weighted by molar-refractivity contribution is 5.74. The number of hydrogen-bond donors (Lipinski definition) is 0. The normalized spacial score (nSPS) is 57.8. The lowest BCUT2D eigenvalue weighted by Crippen LogP contribution is -2.68. The van der Waals surface area contributed by atoms with Crippen molar-refractivity contribution in [2.75, 3.05) is 0 Å². The van der Waals surface area contributed by atoms with Crippen molar-refractivity contribution in [1.82, 2.24) is 0 Å². The van der Waals surface area contributed by atoms with Crippen LogP contribution in [0.25, 0.3) is 0 Å². The van der Waals surface area contributed by atoms with Crippen LogP contribution in [0, 0.1) is 23.7 Å². The number of ether oxygens (including phenoxy) is 1. The third-order valence-corrected chi connectivity index (χ3v) is 6.50. The van der Waals surface area contributed by atoms with E-state index < -0.39 is 0 Å². The van der Waals surface area contributed by atoms with Crippen molar-refractivity contribution in [1.29, 1.82) is 0 Å². The Balaban J connectivity index is 1.84. The quantitative estimate of drug-likeness (QED) is 0.505. The van der Waals surface area contributed by atoms with Gasteiger partial charge in [0.25, 0.3) is 0 Å². The van der Waals surface area contributed by atoms with Crippen molar-refractivity contribution < 1.29 is 19.3 Å². The van der Waals surface area contributed by atoms with E-state index in [9.17, 15) is 4.79 Å². The fourth-order valence-electron chi connectivity index (χ4n) is 5.30. The van der Waals surface area contributed by atoms with Crippen molar-refractivity contribution in [3.63, 3.8) is 0 Å². The molecule has 7 atom stereocenters. The molecule has 1 unspecified atom stereocenters. The van der Waals surface area contributed by atoms with Gasteiger partial charge in [0.05, 0.1) is 5.92 Å². The maximum Gasteiger partial charge on any atom is 0.309 e. The Kier molecular flexibility index (Phi) is 2.60. The molecule has 2 saturated carbocycles. The summed E-state index contributed by atoms with van der Waals surface area (Å²) in [5, 5.41) is 0. The predicted molar refractivity (Wildman–Crippen MR) is 71.6 cm³/mol. The number of carbonyl (C=O) groups is 1. The van der Waals surface area contributed by atoms with Gasteiger partial charge in [-0.05, 0) is 44.4 Å². The van der Waals surface area contributed by atoms with Crippen molar-refractivity contribution in [2.45, 2.75) is 70.2 Å². The monoisotopic (exact) mass is 280 g/mol. The molecule has 0 radical (unpaired) electrons. The highest BCUT2D eigenvalue weighted by atomic mass is 17.2. The smallest absolute Gasteiger partial charge is 0.309 e. The Morgan fingerprint density at radius 3 is 2.70 bits per heavy atom. The second-order valence-electron chi connectivity index (χ2n) is 7.69. The molecule has 0 aromatic rings. The maximum atomic E-state index is 12.2. The number of carbonyl (C=O) groups excluding carboxylic acids is 1. The SMILES string of the molecule is CC1C(=O)O[C@@H]2C[C@@]3(C)CC[C@H]4[C@H](C)CC[C@@H]1[C@@]24OO3. The van der Waals surface area contributed by atoms with E-state index >= 15 is 0 Å². The van der Waals surface area contributed by atoms with E-state index in [1.54, 1.807) is 0 Å². The molecule has 5 aliphatic rings. The van der Waals surface area contributed by atoms with E-state index in [2.05, 4.69) is 13.8 Å². The molecule has 112 valence electrons. The van der Waals surface area contributed by atoms with Crippen LogP contribution < -0.4 is 0 Å². The zero-order valence-corrected chi connectivity index (χ0v) is 12.6. The van der Waals surface area contributed by atoms with Gasteiger partial charge < -0.3 is 4.74 Å². The Labute approximate surface area is 120 Å². The number of hydrogen-bond acceptors (Lipinski definition) is 4. The van der Waals surface area contributed by atoms with Crippen molar-refractivity contribution in [3.05, 3.63) is 0 Å². The highest BCUT2D eigenvalue weighted by Crippen LogP contribution is 2.60. The number of fused-ring (bicyclic) bond motifs is 2. The van der Waals surface area contributed by atoms with Crippen LogP contribution in [0.15, 0.2) is 0 Å². The first kappa shape index (κ1) is 13.1. The molecule has 20 heavy (non-hydrogen) atoms. The second-order valence-corrected chi connectivity index (χ2v) is 7.69.